The molecule has 0 saturated carbocycles. The molecule has 0 radical (unpaired) electrons. The molecule has 3 N–H and O–H groups in total. The molecule has 0 spiro atoms. The van der Waals surface area contributed by atoms with Crippen LogP contribution in [0, 0.1) is 0 Å². The normalized spacial score (nSPS) is 11.6. The summed E-state index contributed by atoms with van der Waals surface area (Å²) in [5.74, 6) is -2.60. The number of hydrazone groups is 1. The van der Waals surface area contributed by atoms with E-state index >= 15 is 0 Å². The molecule has 0 atom stereocenters. The fraction of sp³-hybridized carbons (Fsp3) is 0.238. The summed E-state index contributed by atoms with van der Waals surface area (Å²) in [5, 5.41) is 8.41. The van der Waals surface area contributed by atoms with E-state index in [1.807, 2.05) is 24.5 Å². The summed E-state index contributed by atoms with van der Waals surface area (Å²) < 4.78 is 38.2. The highest BCUT2D eigenvalue weighted by Crippen LogP contribution is 2.30. The van der Waals surface area contributed by atoms with Crippen molar-refractivity contribution in [3.63, 3.8) is 0 Å². The minimum atomic E-state index is -4.53. The van der Waals surface area contributed by atoms with Crippen LogP contribution in [0.2, 0.25) is 0 Å². The second-order valence-electron chi connectivity index (χ2n) is 6.60. The molecule has 0 saturated heterocycles. The van der Waals surface area contributed by atoms with Gasteiger partial charge in [0, 0.05) is 17.1 Å². The molecule has 0 heterocycles. The van der Waals surface area contributed by atoms with Crippen LogP contribution in [-0.4, -0.2) is 23.4 Å². The summed E-state index contributed by atoms with van der Waals surface area (Å²) in [5.41, 5.74) is 2.79. The zero-order valence-electron chi connectivity index (χ0n) is 16.8. The number of alkyl halides is 3. The van der Waals surface area contributed by atoms with Crippen molar-refractivity contribution in [1.29, 1.82) is 0 Å². The Hall–Kier alpha value is -3.69. The van der Waals surface area contributed by atoms with Crippen molar-refractivity contribution >= 4 is 34.8 Å². The number of hydrogen-bond donors (Lipinski definition) is 3. The summed E-state index contributed by atoms with van der Waals surface area (Å²) in [4.78, 5) is 35.7. The molecule has 0 fully saturated rings. The number of carbonyl (C=O) groups excluding carboxylic acids is 3. The zero-order valence-corrected chi connectivity index (χ0v) is 16.8. The Morgan fingerprint density at radius 1 is 0.935 bits per heavy atom. The molecule has 10 heteroatoms. The molecule has 0 unspecified atom stereocenters. The number of aryl methyl sites for hydroxylation is 1. The predicted molar refractivity (Wildman–Crippen MR) is 110 cm³/mol. The van der Waals surface area contributed by atoms with E-state index in [0.717, 1.165) is 24.1 Å². The summed E-state index contributed by atoms with van der Waals surface area (Å²) in [6.45, 7) is 3.41. The van der Waals surface area contributed by atoms with Gasteiger partial charge in [0.05, 0.1) is 12.0 Å². The maximum absolute atomic E-state index is 12.7. The van der Waals surface area contributed by atoms with Crippen molar-refractivity contribution in [3.05, 3.63) is 59.7 Å². The van der Waals surface area contributed by atoms with Crippen molar-refractivity contribution in [3.8, 4) is 0 Å². The molecule has 0 aromatic heterocycles. The fourth-order valence-electron chi connectivity index (χ4n) is 2.46. The maximum Gasteiger partial charge on any atom is 0.416 e. The number of amides is 3. The van der Waals surface area contributed by atoms with Gasteiger partial charge in [-0.25, -0.2) is 5.43 Å². The Labute approximate surface area is 176 Å². The largest absolute Gasteiger partial charge is 0.416 e. The highest BCUT2D eigenvalue weighted by molar-refractivity contribution is 6.39. The minimum absolute atomic E-state index is 0.0230. The minimum Gasteiger partial charge on any atom is -0.326 e. The van der Waals surface area contributed by atoms with Gasteiger partial charge < -0.3 is 10.6 Å². The first-order valence-electron chi connectivity index (χ1n) is 9.29. The highest BCUT2D eigenvalue weighted by Gasteiger charge is 2.30. The highest BCUT2D eigenvalue weighted by atomic mass is 19.4. The van der Waals surface area contributed by atoms with Crippen LogP contribution >= 0.6 is 0 Å². The Bertz CT molecular complexity index is 986. The lowest BCUT2D eigenvalue weighted by molar-refractivity contribution is -0.137. The van der Waals surface area contributed by atoms with E-state index in [1.54, 1.807) is 12.1 Å². The van der Waals surface area contributed by atoms with Crippen LogP contribution in [0.4, 0.5) is 24.5 Å². The number of benzene rings is 2. The molecule has 31 heavy (non-hydrogen) atoms. The van der Waals surface area contributed by atoms with Gasteiger partial charge in [0.1, 0.15) is 0 Å². The van der Waals surface area contributed by atoms with Crippen molar-refractivity contribution in [2.24, 2.45) is 5.10 Å². The third kappa shape index (κ3) is 7.57. The average Bonchev–Trinajstić information content (AvgIpc) is 2.72. The maximum atomic E-state index is 12.7. The first kappa shape index (κ1) is 23.6. The molecule has 0 aliphatic heterocycles. The molecule has 2 rings (SSSR count). The topological polar surface area (TPSA) is 99.7 Å². The molecular formula is C21H21F3N4O3. The van der Waals surface area contributed by atoms with E-state index in [0.29, 0.717) is 5.69 Å². The number of hydrogen-bond acceptors (Lipinski definition) is 4. The first-order valence-corrected chi connectivity index (χ1v) is 9.29. The number of nitrogens with zero attached hydrogens (tertiary/aromatic N) is 1. The molecule has 0 aliphatic rings. The number of halogens is 3. The van der Waals surface area contributed by atoms with Crippen LogP contribution in [0.15, 0.2) is 53.6 Å². The van der Waals surface area contributed by atoms with Gasteiger partial charge in [-0.3, -0.25) is 14.4 Å². The van der Waals surface area contributed by atoms with Gasteiger partial charge in [-0.2, -0.15) is 18.3 Å². The van der Waals surface area contributed by atoms with Crippen molar-refractivity contribution in [2.45, 2.75) is 32.9 Å². The van der Waals surface area contributed by atoms with E-state index in [4.69, 9.17) is 0 Å². The SMILES string of the molecule is CCc1ccc(NC(=O)C(=O)N/N=C(\C)CC(=O)Nc2cccc(C(F)(F)F)c2)cc1. The molecule has 0 bridgehead atoms. The molecular weight excluding hydrogens is 413 g/mol. The fourth-order valence-corrected chi connectivity index (χ4v) is 2.46. The monoisotopic (exact) mass is 434 g/mol. The third-order valence-electron chi connectivity index (χ3n) is 4.06. The predicted octanol–water partition coefficient (Wildman–Crippen LogP) is 3.73. The van der Waals surface area contributed by atoms with E-state index < -0.39 is 29.5 Å². The van der Waals surface area contributed by atoms with E-state index in [2.05, 4.69) is 15.7 Å². The van der Waals surface area contributed by atoms with Crippen LogP contribution in [0.25, 0.3) is 0 Å². The summed E-state index contributed by atoms with van der Waals surface area (Å²) in [6, 6.07) is 11.2. The van der Waals surface area contributed by atoms with E-state index in [9.17, 15) is 27.6 Å². The molecule has 2 aromatic rings. The molecule has 2 aromatic carbocycles. The Morgan fingerprint density at radius 3 is 2.23 bits per heavy atom. The molecule has 164 valence electrons. The molecule has 3 amide bonds. The first-order chi connectivity index (χ1) is 14.6. The number of nitrogens with one attached hydrogen (secondary N) is 3. The Balaban J connectivity index is 1.86. The van der Waals surface area contributed by atoms with Crippen LogP contribution < -0.4 is 16.1 Å². The lowest BCUT2D eigenvalue weighted by atomic mass is 10.1. The standard InChI is InChI=1S/C21H21F3N4O3/c1-3-14-7-9-16(10-8-14)26-19(30)20(31)28-27-13(2)11-18(29)25-17-6-4-5-15(12-17)21(22,23)24/h4-10,12H,3,11H2,1-2H3,(H,25,29)(H,26,30)(H,28,31)/b27-13+. The third-order valence-corrected chi connectivity index (χ3v) is 4.06. The van der Waals surface area contributed by atoms with Gasteiger partial charge in [0.2, 0.25) is 5.91 Å². The van der Waals surface area contributed by atoms with E-state index in [-0.39, 0.29) is 17.8 Å². The van der Waals surface area contributed by atoms with Crippen molar-refractivity contribution in [2.75, 3.05) is 10.6 Å². The van der Waals surface area contributed by atoms with Crippen LogP contribution in [0.3, 0.4) is 0 Å². The summed E-state index contributed by atoms with van der Waals surface area (Å²) >= 11 is 0. The smallest absolute Gasteiger partial charge is 0.326 e. The van der Waals surface area contributed by atoms with Crippen molar-refractivity contribution in [1.82, 2.24) is 5.43 Å². The van der Waals surface area contributed by atoms with Gasteiger partial charge >= 0.3 is 18.0 Å². The lowest BCUT2D eigenvalue weighted by Crippen LogP contribution is -2.33. The van der Waals surface area contributed by atoms with Crippen molar-refractivity contribution < 1.29 is 27.6 Å². The van der Waals surface area contributed by atoms with Gasteiger partial charge in [-0.15, -0.1) is 0 Å². The van der Waals surface area contributed by atoms with Gasteiger partial charge in [-0.1, -0.05) is 25.1 Å². The number of anilines is 2. The number of rotatable bonds is 6. The molecule has 0 aliphatic carbocycles. The van der Waals surface area contributed by atoms with Gasteiger partial charge in [0.15, 0.2) is 0 Å². The second kappa shape index (κ2) is 10.4. The quantitative estimate of drug-likeness (QED) is 0.367. The van der Waals surface area contributed by atoms with E-state index in [1.165, 1.54) is 19.1 Å². The Kier molecular flexibility index (Phi) is 7.89. The summed E-state index contributed by atoms with van der Waals surface area (Å²) in [6.07, 6.45) is -3.98. The average molecular weight is 434 g/mol. The van der Waals surface area contributed by atoms with Gasteiger partial charge in [-0.05, 0) is 49.2 Å². The lowest BCUT2D eigenvalue weighted by Gasteiger charge is -2.10. The number of carbonyl (C=O) groups is 3. The second-order valence-corrected chi connectivity index (χ2v) is 6.60. The Morgan fingerprint density at radius 2 is 1.61 bits per heavy atom. The molecule has 7 nitrogen and oxygen atoms in total. The summed E-state index contributed by atoms with van der Waals surface area (Å²) in [7, 11) is 0. The van der Waals surface area contributed by atoms with Crippen LogP contribution in [0.5, 0.6) is 0 Å². The van der Waals surface area contributed by atoms with Crippen LogP contribution in [-0.2, 0) is 27.0 Å². The van der Waals surface area contributed by atoms with Crippen LogP contribution in [0.1, 0.15) is 31.4 Å². The van der Waals surface area contributed by atoms with Gasteiger partial charge in [0.25, 0.3) is 0 Å². The zero-order chi connectivity index (χ0) is 23.0.